The molecule has 0 radical (unpaired) electrons. The highest BCUT2D eigenvalue weighted by atomic mass is 16.1. The van der Waals surface area contributed by atoms with E-state index in [0.717, 1.165) is 11.1 Å². The molecule has 0 heterocycles. The van der Waals surface area contributed by atoms with Crippen molar-refractivity contribution in [1.29, 1.82) is 0 Å². The second-order valence-corrected chi connectivity index (χ2v) is 5.41. The molecule has 2 unspecified atom stereocenters. The minimum atomic E-state index is -0.362. The molecule has 2 atom stereocenters. The molecular formula is C15H20N2O. The molecule has 1 fully saturated rings. The van der Waals surface area contributed by atoms with Crippen molar-refractivity contribution in [3.05, 3.63) is 41.5 Å². The highest BCUT2D eigenvalue weighted by Crippen LogP contribution is 2.64. The van der Waals surface area contributed by atoms with Crippen molar-refractivity contribution in [2.75, 3.05) is 28.2 Å². The molecule has 0 bridgehead atoms. The molecule has 0 aliphatic heterocycles. The smallest absolute Gasteiger partial charge is 0.128 e. The number of rotatable bonds is 3. The van der Waals surface area contributed by atoms with Crippen LogP contribution in [-0.2, 0) is 10.3 Å². The van der Waals surface area contributed by atoms with Gasteiger partial charge in [0.15, 0.2) is 0 Å². The van der Waals surface area contributed by atoms with Crippen LogP contribution >= 0.6 is 0 Å². The first-order valence-electron chi connectivity index (χ1n) is 6.10. The maximum atomic E-state index is 11.4. The zero-order valence-electron chi connectivity index (χ0n) is 11.7. The van der Waals surface area contributed by atoms with Gasteiger partial charge in [0, 0.05) is 0 Å². The van der Waals surface area contributed by atoms with Crippen molar-refractivity contribution in [1.82, 2.24) is 9.80 Å². The van der Waals surface area contributed by atoms with Crippen molar-refractivity contribution in [2.24, 2.45) is 0 Å². The van der Waals surface area contributed by atoms with E-state index < -0.39 is 0 Å². The third kappa shape index (κ3) is 1.30. The Morgan fingerprint density at radius 1 is 1.00 bits per heavy atom. The van der Waals surface area contributed by atoms with Gasteiger partial charge in [-0.05, 0) is 40.7 Å². The quantitative estimate of drug-likeness (QED) is 0.754. The molecule has 96 valence electrons. The Morgan fingerprint density at radius 3 is 1.89 bits per heavy atom. The van der Waals surface area contributed by atoms with Gasteiger partial charge in [-0.3, -0.25) is 9.80 Å². The highest BCUT2D eigenvalue weighted by Gasteiger charge is 2.74. The molecule has 18 heavy (non-hydrogen) atoms. The largest absolute Gasteiger partial charge is 0.297 e. The van der Waals surface area contributed by atoms with Crippen LogP contribution in [-0.4, -0.2) is 49.5 Å². The lowest BCUT2D eigenvalue weighted by molar-refractivity contribution is 0.163. The second-order valence-electron chi connectivity index (χ2n) is 5.41. The lowest BCUT2D eigenvalue weighted by Gasteiger charge is -2.32. The van der Waals surface area contributed by atoms with Crippen LogP contribution in [0.4, 0.5) is 0 Å². The summed E-state index contributed by atoms with van der Waals surface area (Å²) >= 11 is 0. The molecule has 1 aromatic carbocycles. The minimum Gasteiger partial charge on any atom is -0.297 e. The van der Waals surface area contributed by atoms with Gasteiger partial charge in [-0.25, -0.2) is 4.79 Å². The SMILES string of the molecule is CN(C)C1(C)C(=C=O)C1(c1ccccc1)N(C)C. The van der Waals surface area contributed by atoms with Gasteiger partial charge in [0.2, 0.25) is 0 Å². The predicted molar refractivity (Wildman–Crippen MR) is 73.1 cm³/mol. The molecule has 0 saturated heterocycles. The summed E-state index contributed by atoms with van der Waals surface area (Å²) in [6.45, 7) is 2.10. The summed E-state index contributed by atoms with van der Waals surface area (Å²) in [4.78, 5) is 15.6. The van der Waals surface area contributed by atoms with E-state index in [1.54, 1.807) is 0 Å². The van der Waals surface area contributed by atoms with Gasteiger partial charge in [-0.2, -0.15) is 0 Å². The first kappa shape index (κ1) is 13.0. The topological polar surface area (TPSA) is 23.6 Å². The standard InChI is InChI=1S/C15H20N2O/c1-14(16(2)3)13(11-18)15(14,17(4)5)12-9-7-6-8-10-12/h6-10H,1-5H3. The summed E-state index contributed by atoms with van der Waals surface area (Å²) in [6.07, 6.45) is 0. The second kappa shape index (κ2) is 4.06. The van der Waals surface area contributed by atoms with Crippen LogP contribution in [0, 0.1) is 0 Å². The van der Waals surface area contributed by atoms with Crippen LogP contribution in [0.3, 0.4) is 0 Å². The van der Waals surface area contributed by atoms with Gasteiger partial charge in [0.25, 0.3) is 0 Å². The third-order valence-electron chi connectivity index (χ3n) is 4.35. The molecule has 3 heteroatoms. The van der Waals surface area contributed by atoms with Gasteiger partial charge in [0.1, 0.15) is 11.5 Å². The Bertz CT molecular complexity index is 502. The van der Waals surface area contributed by atoms with Crippen molar-refractivity contribution in [3.8, 4) is 0 Å². The van der Waals surface area contributed by atoms with E-state index >= 15 is 0 Å². The molecule has 0 spiro atoms. The molecule has 0 aromatic heterocycles. The first-order chi connectivity index (χ1) is 8.43. The Labute approximate surface area is 109 Å². The van der Waals surface area contributed by atoms with Crippen LogP contribution in [0.5, 0.6) is 0 Å². The number of benzene rings is 1. The first-order valence-corrected chi connectivity index (χ1v) is 6.10. The summed E-state index contributed by atoms with van der Waals surface area (Å²) in [5.74, 6) is 2.16. The molecule has 3 nitrogen and oxygen atoms in total. The van der Waals surface area contributed by atoms with Crippen LogP contribution in [0.25, 0.3) is 0 Å². The van der Waals surface area contributed by atoms with E-state index in [4.69, 9.17) is 0 Å². The molecule has 0 N–H and O–H groups in total. The number of hydrogen-bond acceptors (Lipinski definition) is 3. The van der Waals surface area contributed by atoms with E-state index in [0.29, 0.717) is 0 Å². The highest BCUT2D eigenvalue weighted by molar-refractivity contribution is 5.77. The van der Waals surface area contributed by atoms with Gasteiger partial charge in [0.05, 0.1) is 11.1 Å². The molecule has 1 aromatic rings. The summed E-state index contributed by atoms with van der Waals surface area (Å²) < 4.78 is 0. The Balaban J connectivity index is 2.66. The zero-order chi connectivity index (χ0) is 13.6. The van der Waals surface area contributed by atoms with Gasteiger partial charge < -0.3 is 0 Å². The van der Waals surface area contributed by atoms with Gasteiger partial charge in [-0.15, -0.1) is 0 Å². The summed E-state index contributed by atoms with van der Waals surface area (Å²) in [5, 5.41) is 0. The normalized spacial score (nSPS) is 30.7. The number of likely N-dealkylation sites (N-methyl/N-ethyl adjacent to an activating group) is 2. The monoisotopic (exact) mass is 244 g/mol. The fourth-order valence-electron chi connectivity index (χ4n) is 3.24. The summed E-state index contributed by atoms with van der Waals surface area (Å²) in [5.41, 5.74) is 1.29. The zero-order valence-corrected chi connectivity index (χ0v) is 11.7. The Hall–Kier alpha value is -1.41. The van der Waals surface area contributed by atoms with E-state index in [1.807, 2.05) is 46.4 Å². The maximum Gasteiger partial charge on any atom is 0.128 e. The minimum absolute atomic E-state index is 0.292. The number of hydrogen-bond donors (Lipinski definition) is 0. The van der Waals surface area contributed by atoms with Crippen molar-refractivity contribution in [3.63, 3.8) is 0 Å². The maximum absolute atomic E-state index is 11.4. The lowest BCUT2D eigenvalue weighted by Crippen LogP contribution is -2.43. The lowest BCUT2D eigenvalue weighted by atomic mass is 9.98. The number of carbonyl (C=O) groups excluding carboxylic acids is 1. The predicted octanol–water partition coefficient (Wildman–Crippen LogP) is 1.54. The molecule has 1 saturated carbocycles. The molecule has 1 aliphatic rings. The van der Waals surface area contributed by atoms with Crippen LogP contribution in [0.15, 0.2) is 35.9 Å². The molecular weight excluding hydrogens is 224 g/mol. The third-order valence-corrected chi connectivity index (χ3v) is 4.35. The van der Waals surface area contributed by atoms with Crippen LogP contribution in [0.2, 0.25) is 0 Å². The van der Waals surface area contributed by atoms with E-state index in [2.05, 4.69) is 34.8 Å². The fraction of sp³-hybridized carbons (Fsp3) is 0.467. The molecule has 2 rings (SSSR count). The average molecular weight is 244 g/mol. The van der Waals surface area contributed by atoms with Crippen molar-refractivity contribution in [2.45, 2.75) is 18.0 Å². The van der Waals surface area contributed by atoms with E-state index in [1.165, 1.54) is 0 Å². The van der Waals surface area contributed by atoms with Crippen LogP contribution < -0.4 is 0 Å². The van der Waals surface area contributed by atoms with Gasteiger partial charge >= 0.3 is 0 Å². The Kier molecular flexibility index (Phi) is 2.94. The van der Waals surface area contributed by atoms with Crippen molar-refractivity contribution >= 4 is 5.94 Å². The van der Waals surface area contributed by atoms with E-state index in [9.17, 15) is 4.79 Å². The summed E-state index contributed by atoms with van der Waals surface area (Å²) in [6, 6.07) is 10.2. The molecule has 0 amide bonds. The van der Waals surface area contributed by atoms with E-state index in [-0.39, 0.29) is 11.1 Å². The van der Waals surface area contributed by atoms with Crippen LogP contribution in [0.1, 0.15) is 12.5 Å². The Morgan fingerprint density at radius 2 is 1.56 bits per heavy atom. The average Bonchev–Trinajstić information content (AvgIpc) is 2.93. The van der Waals surface area contributed by atoms with Gasteiger partial charge in [-0.1, -0.05) is 30.3 Å². The molecule has 1 aliphatic carbocycles. The summed E-state index contributed by atoms with van der Waals surface area (Å²) in [7, 11) is 8.04. The number of nitrogens with zero attached hydrogens (tertiary/aromatic N) is 2. The van der Waals surface area contributed by atoms with Crippen molar-refractivity contribution < 1.29 is 4.79 Å². The fourth-order valence-corrected chi connectivity index (χ4v) is 3.24.